The van der Waals surface area contributed by atoms with E-state index in [9.17, 15) is 9.59 Å². The number of benzene rings is 2. The maximum absolute atomic E-state index is 12.6. The van der Waals surface area contributed by atoms with Gasteiger partial charge in [-0.1, -0.05) is 18.6 Å². The highest BCUT2D eigenvalue weighted by molar-refractivity contribution is 6.04. The number of nitrogens with zero attached hydrogens (tertiary/aromatic N) is 2. The van der Waals surface area contributed by atoms with Gasteiger partial charge in [-0.25, -0.2) is 0 Å². The lowest BCUT2D eigenvalue weighted by atomic mass is 10.1. The molecule has 2 amide bonds. The molecule has 5 nitrogen and oxygen atoms in total. The molecule has 0 saturated carbocycles. The highest BCUT2D eigenvalue weighted by atomic mass is 16.2. The summed E-state index contributed by atoms with van der Waals surface area (Å²) in [6, 6.07) is 13.6. The molecule has 0 aliphatic carbocycles. The largest absolute Gasteiger partial charge is 0.322 e. The second-order valence-electron chi connectivity index (χ2n) is 8.14. The van der Waals surface area contributed by atoms with Crippen LogP contribution in [0.15, 0.2) is 42.5 Å². The van der Waals surface area contributed by atoms with Crippen molar-refractivity contribution in [2.45, 2.75) is 45.6 Å². The highest BCUT2D eigenvalue weighted by Crippen LogP contribution is 2.27. The Kier molecular flexibility index (Phi) is 5.95. The van der Waals surface area contributed by atoms with E-state index in [1.807, 2.05) is 42.2 Å². The van der Waals surface area contributed by atoms with Gasteiger partial charge in [0.25, 0.3) is 5.91 Å². The topological polar surface area (TPSA) is 52.7 Å². The van der Waals surface area contributed by atoms with Crippen molar-refractivity contribution in [1.29, 1.82) is 0 Å². The van der Waals surface area contributed by atoms with Crippen LogP contribution in [-0.4, -0.2) is 36.3 Å². The van der Waals surface area contributed by atoms with E-state index in [0.717, 1.165) is 36.4 Å². The fraction of sp³-hybridized carbons (Fsp3) is 0.417. The zero-order valence-electron chi connectivity index (χ0n) is 17.1. The van der Waals surface area contributed by atoms with Crippen LogP contribution < -0.4 is 10.2 Å². The fourth-order valence-corrected chi connectivity index (χ4v) is 4.28. The van der Waals surface area contributed by atoms with E-state index in [4.69, 9.17) is 0 Å². The van der Waals surface area contributed by atoms with Gasteiger partial charge in [-0.2, -0.15) is 0 Å². The number of hydrogen-bond donors (Lipinski definition) is 1. The van der Waals surface area contributed by atoms with Crippen molar-refractivity contribution in [3.05, 3.63) is 59.2 Å². The molecule has 2 aromatic carbocycles. The normalized spacial score (nSPS) is 17.6. The summed E-state index contributed by atoms with van der Waals surface area (Å²) in [5.74, 6) is 0.0634. The van der Waals surface area contributed by atoms with Gasteiger partial charge in [0, 0.05) is 36.4 Å². The van der Waals surface area contributed by atoms with Gasteiger partial charge < -0.3 is 10.2 Å². The third-order valence-electron chi connectivity index (χ3n) is 5.89. The van der Waals surface area contributed by atoms with Crippen molar-refractivity contribution in [3.63, 3.8) is 0 Å². The molecule has 5 heteroatoms. The molecule has 0 aromatic heterocycles. The molecular formula is C24H29N3O2. The van der Waals surface area contributed by atoms with Gasteiger partial charge in [0.2, 0.25) is 5.91 Å². The minimum Gasteiger partial charge on any atom is -0.322 e. The monoisotopic (exact) mass is 391 g/mol. The lowest BCUT2D eigenvalue weighted by Gasteiger charge is -2.26. The number of carbonyl (C=O) groups is 2. The summed E-state index contributed by atoms with van der Waals surface area (Å²) in [6.07, 6.45) is 5.43. The fourth-order valence-electron chi connectivity index (χ4n) is 4.28. The lowest BCUT2D eigenvalue weighted by molar-refractivity contribution is -0.117. The van der Waals surface area contributed by atoms with Crippen LogP contribution in [-0.2, 0) is 11.3 Å². The number of rotatable bonds is 5. The first-order chi connectivity index (χ1) is 14.1. The number of nitrogens with one attached hydrogen (secondary N) is 1. The number of likely N-dealkylation sites (tertiary alicyclic amines) is 1. The Hall–Kier alpha value is -2.66. The van der Waals surface area contributed by atoms with Crippen LogP contribution in [0.3, 0.4) is 0 Å². The molecule has 2 aliphatic rings. The van der Waals surface area contributed by atoms with E-state index in [-0.39, 0.29) is 11.8 Å². The number of hydrogen-bond acceptors (Lipinski definition) is 3. The summed E-state index contributed by atoms with van der Waals surface area (Å²) in [7, 11) is 0. The summed E-state index contributed by atoms with van der Waals surface area (Å²) in [6.45, 7) is 6.04. The summed E-state index contributed by atoms with van der Waals surface area (Å²) < 4.78 is 0. The first-order valence-corrected chi connectivity index (χ1v) is 10.6. The molecule has 0 atom stereocenters. The number of aryl methyl sites for hydroxylation is 1. The van der Waals surface area contributed by atoms with Crippen molar-refractivity contribution in [1.82, 2.24) is 4.90 Å². The summed E-state index contributed by atoms with van der Waals surface area (Å²) in [5, 5.41) is 2.98. The number of amides is 2. The molecule has 29 heavy (non-hydrogen) atoms. The molecule has 0 spiro atoms. The Bertz CT molecular complexity index is 885. The van der Waals surface area contributed by atoms with Crippen LogP contribution in [0.4, 0.5) is 11.4 Å². The molecular weight excluding hydrogens is 362 g/mol. The van der Waals surface area contributed by atoms with E-state index in [1.54, 1.807) is 0 Å². The van der Waals surface area contributed by atoms with Gasteiger partial charge in [-0.05, 0) is 80.7 Å². The molecule has 2 aromatic rings. The second-order valence-corrected chi connectivity index (χ2v) is 8.14. The number of carbonyl (C=O) groups excluding carboxylic acids is 2. The second kappa shape index (κ2) is 8.78. The first kappa shape index (κ1) is 19.6. The predicted molar refractivity (Wildman–Crippen MR) is 116 cm³/mol. The van der Waals surface area contributed by atoms with Crippen LogP contribution in [0.5, 0.6) is 0 Å². The first-order valence-electron chi connectivity index (χ1n) is 10.6. The van der Waals surface area contributed by atoms with Crippen LogP contribution >= 0.6 is 0 Å². The predicted octanol–water partition coefficient (Wildman–Crippen LogP) is 4.36. The van der Waals surface area contributed by atoms with Crippen molar-refractivity contribution in [3.8, 4) is 0 Å². The zero-order chi connectivity index (χ0) is 20.2. The van der Waals surface area contributed by atoms with Crippen LogP contribution in [0, 0.1) is 6.92 Å². The molecule has 4 rings (SSSR count). The Morgan fingerprint density at radius 3 is 2.38 bits per heavy atom. The smallest absolute Gasteiger partial charge is 0.255 e. The SMILES string of the molecule is Cc1cc(NC(=O)c2ccc(CN3CCCCC3)cc2)ccc1N1CCCC1=O. The Morgan fingerprint density at radius 2 is 1.72 bits per heavy atom. The minimum atomic E-state index is -0.112. The van der Waals surface area contributed by atoms with Gasteiger partial charge in [-0.15, -0.1) is 0 Å². The van der Waals surface area contributed by atoms with Crippen LogP contribution in [0.2, 0.25) is 0 Å². The standard InChI is InChI=1S/C24H29N3O2/c1-18-16-21(11-12-22(18)27-15-5-6-23(27)28)25-24(29)20-9-7-19(8-10-20)17-26-13-3-2-4-14-26/h7-12,16H,2-6,13-15,17H2,1H3,(H,25,29). The van der Waals surface area contributed by atoms with Crippen LogP contribution in [0.1, 0.15) is 53.6 Å². The van der Waals surface area contributed by atoms with Gasteiger partial charge in [0.1, 0.15) is 0 Å². The molecule has 1 N–H and O–H groups in total. The van der Waals surface area contributed by atoms with E-state index < -0.39 is 0 Å². The van der Waals surface area contributed by atoms with E-state index >= 15 is 0 Å². The third kappa shape index (κ3) is 4.67. The quantitative estimate of drug-likeness (QED) is 0.824. The number of piperidine rings is 1. The van der Waals surface area contributed by atoms with E-state index in [0.29, 0.717) is 12.0 Å². The molecule has 0 radical (unpaired) electrons. The Labute approximate surface area is 172 Å². The summed E-state index contributed by atoms with van der Waals surface area (Å²) in [5.41, 5.74) is 4.59. The molecule has 2 fully saturated rings. The van der Waals surface area contributed by atoms with Crippen molar-refractivity contribution < 1.29 is 9.59 Å². The van der Waals surface area contributed by atoms with Crippen molar-refractivity contribution >= 4 is 23.2 Å². The van der Waals surface area contributed by atoms with Crippen molar-refractivity contribution in [2.75, 3.05) is 29.9 Å². The Balaban J connectivity index is 1.38. The lowest BCUT2D eigenvalue weighted by Crippen LogP contribution is -2.29. The van der Waals surface area contributed by atoms with Crippen molar-refractivity contribution in [2.24, 2.45) is 0 Å². The maximum Gasteiger partial charge on any atom is 0.255 e. The molecule has 152 valence electrons. The molecule has 0 bridgehead atoms. The van der Waals surface area contributed by atoms with Gasteiger partial charge in [0.15, 0.2) is 0 Å². The summed E-state index contributed by atoms with van der Waals surface area (Å²) >= 11 is 0. The Morgan fingerprint density at radius 1 is 0.966 bits per heavy atom. The summed E-state index contributed by atoms with van der Waals surface area (Å²) in [4.78, 5) is 28.9. The molecule has 2 heterocycles. The van der Waals surface area contributed by atoms with E-state index in [2.05, 4.69) is 22.3 Å². The van der Waals surface area contributed by atoms with Gasteiger partial charge >= 0.3 is 0 Å². The van der Waals surface area contributed by atoms with Crippen LogP contribution in [0.25, 0.3) is 0 Å². The minimum absolute atomic E-state index is 0.112. The zero-order valence-corrected chi connectivity index (χ0v) is 17.1. The molecule has 0 unspecified atom stereocenters. The molecule has 2 aliphatic heterocycles. The van der Waals surface area contributed by atoms with Gasteiger partial charge in [-0.3, -0.25) is 14.5 Å². The average Bonchev–Trinajstić information content (AvgIpc) is 3.15. The third-order valence-corrected chi connectivity index (χ3v) is 5.89. The number of anilines is 2. The van der Waals surface area contributed by atoms with E-state index in [1.165, 1.54) is 37.9 Å². The average molecular weight is 392 g/mol. The maximum atomic E-state index is 12.6. The van der Waals surface area contributed by atoms with Gasteiger partial charge in [0.05, 0.1) is 0 Å². The highest BCUT2D eigenvalue weighted by Gasteiger charge is 2.23. The molecule has 2 saturated heterocycles.